The van der Waals surface area contributed by atoms with Crippen LogP contribution in [0.2, 0.25) is 0 Å². The summed E-state index contributed by atoms with van der Waals surface area (Å²) in [4.78, 5) is 10.7. The van der Waals surface area contributed by atoms with Crippen molar-refractivity contribution >= 4 is 33.3 Å². The van der Waals surface area contributed by atoms with Crippen LogP contribution in [0.25, 0.3) is 10.2 Å². The van der Waals surface area contributed by atoms with Crippen molar-refractivity contribution in [3.63, 3.8) is 0 Å². The van der Waals surface area contributed by atoms with Crippen LogP contribution in [-0.4, -0.2) is 29.2 Å². The second kappa shape index (κ2) is 4.84. The van der Waals surface area contributed by atoms with Crippen LogP contribution in [0, 0.1) is 6.92 Å². The first-order valence-electron chi connectivity index (χ1n) is 5.65. The van der Waals surface area contributed by atoms with Crippen LogP contribution in [-0.2, 0) is 0 Å². The molecule has 0 amide bonds. The van der Waals surface area contributed by atoms with E-state index in [1.54, 1.807) is 13.0 Å². The fourth-order valence-electron chi connectivity index (χ4n) is 1.84. The number of aryl methyl sites for hydroxylation is 1. The lowest BCUT2D eigenvalue weighted by Gasteiger charge is -2.23. The maximum Gasteiger partial charge on any atom is 0.405 e. The van der Waals surface area contributed by atoms with Crippen LogP contribution in [0.5, 0.6) is 0 Å². The molecule has 2 aromatic rings. The Balaban J connectivity index is 2.52. The Morgan fingerprint density at radius 2 is 2.05 bits per heavy atom. The second-order valence-electron chi connectivity index (χ2n) is 4.11. The highest BCUT2D eigenvalue weighted by molar-refractivity contribution is 7.18. The number of rotatable bonds is 3. The van der Waals surface area contributed by atoms with Gasteiger partial charge in [-0.25, -0.2) is 4.98 Å². The fourth-order valence-corrected chi connectivity index (χ4v) is 2.72. The molecule has 2 rings (SSSR count). The predicted molar refractivity (Wildman–Crippen MR) is 70.5 cm³/mol. The molecule has 19 heavy (non-hydrogen) atoms. The van der Waals surface area contributed by atoms with Gasteiger partial charge in [0.05, 0.1) is 5.39 Å². The minimum absolute atomic E-state index is 0.00928. The van der Waals surface area contributed by atoms with Gasteiger partial charge in [0.1, 0.15) is 17.2 Å². The van der Waals surface area contributed by atoms with Crippen molar-refractivity contribution < 1.29 is 13.2 Å². The molecular formula is C11H13F3N4S. The van der Waals surface area contributed by atoms with Gasteiger partial charge in [-0.3, -0.25) is 0 Å². The molecular weight excluding hydrogens is 277 g/mol. The summed E-state index contributed by atoms with van der Waals surface area (Å²) in [6.45, 7) is 2.66. The number of nitrogens with zero attached hydrogens (tertiary/aromatic N) is 3. The first-order chi connectivity index (χ1) is 8.80. The molecule has 0 bridgehead atoms. The average molecular weight is 290 g/mol. The van der Waals surface area contributed by atoms with Crippen LogP contribution in [0.3, 0.4) is 0 Å². The van der Waals surface area contributed by atoms with E-state index in [-0.39, 0.29) is 18.3 Å². The third-order valence-corrected chi connectivity index (χ3v) is 3.51. The maximum absolute atomic E-state index is 12.6. The van der Waals surface area contributed by atoms with Crippen molar-refractivity contribution in [1.82, 2.24) is 9.97 Å². The number of hydrogen-bond donors (Lipinski definition) is 1. The Morgan fingerprint density at radius 3 is 2.63 bits per heavy atom. The van der Waals surface area contributed by atoms with Gasteiger partial charge < -0.3 is 10.6 Å². The van der Waals surface area contributed by atoms with Crippen molar-refractivity contribution in [3.05, 3.63) is 10.9 Å². The minimum atomic E-state index is -4.28. The van der Waals surface area contributed by atoms with Crippen molar-refractivity contribution in [2.75, 3.05) is 23.7 Å². The van der Waals surface area contributed by atoms with Crippen LogP contribution in [0.1, 0.15) is 11.8 Å². The lowest BCUT2D eigenvalue weighted by atomic mass is 10.3. The lowest BCUT2D eigenvalue weighted by molar-refractivity contribution is -0.119. The Kier molecular flexibility index (Phi) is 3.53. The number of anilines is 2. The molecule has 0 aromatic carbocycles. The van der Waals surface area contributed by atoms with E-state index in [1.165, 1.54) is 11.3 Å². The van der Waals surface area contributed by atoms with Gasteiger partial charge in [-0.1, -0.05) is 0 Å². The second-order valence-corrected chi connectivity index (χ2v) is 5.35. The molecule has 0 fully saturated rings. The van der Waals surface area contributed by atoms with Gasteiger partial charge in [-0.05, 0) is 19.9 Å². The number of fused-ring (bicyclic) bond motifs is 1. The molecule has 2 aromatic heterocycles. The molecule has 0 radical (unpaired) electrons. The summed E-state index contributed by atoms with van der Waals surface area (Å²) in [5.74, 6) is 0.233. The summed E-state index contributed by atoms with van der Waals surface area (Å²) in [5, 5.41) is 0.614. The van der Waals surface area contributed by atoms with Crippen LogP contribution >= 0.6 is 11.3 Å². The quantitative estimate of drug-likeness (QED) is 0.944. The summed E-state index contributed by atoms with van der Waals surface area (Å²) in [7, 11) is 0. The van der Waals surface area contributed by atoms with Gasteiger partial charge in [-0.2, -0.15) is 18.2 Å². The molecule has 2 N–H and O–H groups in total. The molecule has 0 saturated heterocycles. The Hall–Kier alpha value is -1.57. The summed E-state index contributed by atoms with van der Waals surface area (Å²) in [6.07, 6.45) is -4.28. The van der Waals surface area contributed by atoms with Crippen LogP contribution in [0.4, 0.5) is 24.9 Å². The third kappa shape index (κ3) is 3.06. The summed E-state index contributed by atoms with van der Waals surface area (Å²) in [6, 6.07) is 1.79. The van der Waals surface area contributed by atoms with E-state index >= 15 is 0 Å². The number of nitrogen functional groups attached to an aromatic ring is 1. The van der Waals surface area contributed by atoms with Crippen molar-refractivity contribution in [1.29, 1.82) is 0 Å². The summed E-state index contributed by atoms with van der Waals surface area (Å²) < 4.78 is 37.7. The number of hydrogen-bond acceptors (Lipinski definition) is 5. The van der Waals surface area contributed by atoms with Gasteiger partial charge in [0, 0.05) is 11.4 Å². The van der Waals surface area contributed by atoms with Crippen molar-refractivity contribution in [3.8, 4) is 0 Å². The highest BCUT2D eigenvalue weighted by atomic mass is 32.1. The standard InChI is InChI=1S/C11H13F3N4S/c1-3-18(5-11(12,13)14)8-7-4-6(2)19-9(7)17-10(15)16-8/h4H,3,5H2,1-2H3,(H2,15,16,17). The summed E-state index contributed by atoms with van der Waals surface area (Å²) in [5.41, 5.74) is 5.57. The van der Waals surface area contributed by atoms with E-state index in [0.29, 0.717) is 10.2 Å². The highest BCUT2D eigenvalue weighted by Gasteiger charge is 2.31. The Bertz CT molecular complexity index is 593. The first-order valence-corrected chi connectivity index (χ1v) is 6.47. The molecule has 0 aliphatic rings. The van der Waals surface area contributed by atoms with Gasteiger partial charge in [0.2, 0.25) is 5.95 Å². The van der Waals surface area contributed by atoms with E-state index in [2.05, 4.69) is 9.97 Å². The summed E-state index contributed by atoms with van der Waals surface area (Å²) >= 11 is 1.39. The number of thiophene rings is 1. The lowest BCUT2D eigenvalue weighted by Crippen LogP contribution is -2.34. The van der Waals surface area contributed by atoms with Gasteiger partial charge in [0.15, 0.2) is 0 Å². The van der Waals surface area contributed by atoms with Crippen LogP contribution < -0.4 is 10.6 Å². The van der Waals surface area contributed by atoms with Crippen molar-refractivity contribution in [2.24, 2.45) is 0 Å². The number of halogens is 3. The molecule has 0 aliphatic heterocycles. The number of nitrogens with two attached hydrogens (primary N) is 1. The molecule has 0 saturated carbocycles. The Morgan fingerprint density at radius 1 is 1.37 bits per heavy atom. The van der Waals surface area contributed by atoms with Crippen molar-refractivity contribution in [2.45, 2.75) is 20.0 Å². The number of alkyl halides is 3. The first kappa shape index (κ1) is 13.9. The molecule has 0 atom stereocenters. The molecule has 104 valence electrons. The number of aromatic nitrogens is 2. The average Bonchev–Trinajstić information content (AvgIpc) is 2.63. The van der Waals surface area contributed by atoms with Gasteiger partial charge in [-0.15, -0.1) is 11.3 Å². The molecule has 2 heterocycles. The monoisotopic (exact) mass is 290 g/mol. The van der Waals surface area contributed by atoms with Gasteiger partial charge in [0.25, 0.3) is 0 Å². The molecule has 4 nitrogen and oxygen atoms in total. The van der Waals surface area contributed by atoms with E-state index in [4.69, 9.17) is 5.73 Å². The maximum atomic E-state index is 12.6. The molecule has 8 heteroatoms. The molecule has 0 unspecified atom stereocenters. The largest absolute Gasteiger partial charge is 0.405 e. The normalized spacial score (nSPS) is 12.1. The van der Waals surface area contributed by atoms with E-state index in [9.17, 15) is 13.2 Å². The zero-order chi connectivity index (χ0) is 14.2. The van der Waals surface area contributed by atoms with E-state index in [1.807, 2.05) is 6.92 Å². The topological polar surface area (TPSA) is 55.0 Å². The van der Waals surface area contributed by atoms with E-state index < -0.39 is 12.7 Å². The van der Waals surface area contributed by atoms with Gasteiger partial charge >= 0.3 is 6.18 Å². The zero-order valence-electron chi connectivity index (χ0n) is 10.5. The Labute approximate surface area is 112 Å². The highest BCUT2D eigenvalue weighted by Crippen LogP contribution is 2.32. The smallest absolute Gasteiger partial charge is 0.368 e. The third-order valence-electron chi connectivity index (χ3n) is 2.56. The molecule has 0 aliphatic carbocycles. The zero-order valence-corrected chi connectivity index (χ0v) is 11.3. The SMILES string of the molecule is CCN(CC(F)(F)F)c1nc(N)nc2sc(C)cc12. The predicted octanol–water partition coefficient (Wildman–Crippen LogP) is 2.97. The van der Waals surface area contributed by atoms with E-state index in [0.717, 1.165) is 9.78 Å². The minimum Gasteiger partial charge on any atom is -0.368 e. The van der Waals surface area contributed by atoms with Crippen LogP contribution in [0.15, 0.2) is 6.07 Å². The molecule has 0 spiro atoms. The fraction of sp³-hybridized carbons (Fsp3) is 0.455.